The van der Waals surface area contributed by atoms with Crippen LogP contribution in [0.2, 0.25) is 0 Å². The maximum absolute atomic E-state index is 14.7. The van der Waals surface area contributed by atoms with Gasteiger partial charge in [0.25, 0.3) is 5.91 Å². The van der Waals surface area contributed by atoms with Gasteiger partial charge in [-0.25, -0.2) is 0 Å². The summed E-state index contributed by atoms with van der Waals surface area (Å²) in [6.07, 6.45) is 1.51. The van der Waals surface area contributed by atoms with Crippen molar-refractivity contribution in [2.45, 2.75) is 55.3 Å². The molecule has 0 saturated carbocycles. The summed E-state index contributed by atoms with van der Waals surface area (Å²) in [7, 11) is 0. The van der Waals surface area contributed by atoms with E-state index in [1.54, 1.807) is 11.0 Å². The standard InChI is InChI=1S/C30H33BrN2O6/c1-4-12-32(22-13-17(2)10-11-18(22)3)28(36)26-30-15-21(31)25(39-30)23(29(37)38)24(30)27(35)33(26)20(16-34)14-19-8-6-5-7-9-19/h4-11,13,20-21,23-26,34H,1,12,14-16H2,2-3H3,(H,37,38)/t20-,21?,23-,24+,25-,26-,30+/m1/s1. The van der Waals surface area contributed by atoms with Crippen LogP contribution in [-0.4, -0.2) is 74.7 Å². The number of rotatable bonds is 9. The van der Waals surface area contributed by atoms with Gasteiger partial charge in [0.1, 0.15) is 11.6 Å². The summed E-state index contributed by atoms with van der Waals surface area (Å²) in [6.45, 7) is 7.51. The average Bonchev–Trinajstić information content (AvgIpc) is 3.51. The van der Waals surface area contributed by atoms with Gasteiger partial charge in [-0.3, -0.25) is 14.4 Å². The molecule has 3 aliphatic heterocycles. The molecule has 3 aliphatic rings. The van der Waals surface area contributed by atoms with E-state index in [1.165, 1.54) is 4.90 Å². The van der Waals surface area contributed by atoms with Crippen LogP contribution in [0.1, 0.15) is 23.1 Å². The first-order valence-electron chi connectivity index (χ1n) is 13.2. The second-order valence-electron chi connectivity index (χ2n) is 10.8. The van der Waals surface area contributed by atoms with Crippen LogP contribution in [0.4, 0.5) is 5.69 Å². The van der Waals surface area contributed by atoms with Crippen LogP contribution in [-0.2, 0) is 25.5 Å². The Balaban J connectivity index is 1.65. The third kappa shape index (κ3) is 4.40. The number of anilines is 1. The van der Waals surface area contributed by atoms with Crippen molar-refractivity contribution in [1.82, 2.24) is 4.90 Å². The Kier molecular flexibility index (Phi) is 7.43. The molecule has 5 rings (SSSR count). The van der Waals surface area contributed by atoms with Crippen LogP contribution in [0.25, 0.3) is 0 Å². The van der Waals surface area contributed by atoms with E-state index in [4.69, 9.17) is 4.74 Å². The zero-order valence-electron chi connectivity index (χ0n) is 22.0. The van der Waals surface area contributed by atoms with Crippen LogP contribution in [0.5, 0.6) is 0 Å². The molecule has 2 aromatic carbocycles. The van der Waals surface area contributed by atoms with Crippen LogP contribution >= 0.6 is 15.9 Å². The highest BCUT2D eigenvalue weighted by atomic mass is 79.9. The summed E-state index contributed by atoms with van der Waals surface area (Å²) in [5.41, 5.74) is 2.09. The van der Waals surface area contributed by atoms with Crippen molar-refractivity contribution in [1.29, 1.82) is 0 Å². The number of carboxylic acid groups (broad SMARTS) is 1. The number of alkyl halides is 1. The highest BCUT2D eigenvalue weighted by Crippen LogP contribution is 2.60. The number of carbonyl (C=O) groups is 3. The van der Waals surface area contributed by atoms with Crippen molar-refractivity contribution >= 4 is 39.4 Å². The fraction of sp³-hybridized carbons (Fsp3) is 0.433. The number of aliphatic carboxylic acids is 1. The number of benzene rings is 2. The highest BCUT2D eigenvalue weighted by Gasteiger charge is 2.77. The quantitative estimate of drug-likeness (QED) is 0.340. The molecule has 9 heteroatoms. The number of ether oxygens (including phenoxy) is 1. The summed E-state index contributed by atoms with van der Waals surface area (Å²) in [5.74, 6) is -4.09. The predicted molar refractivity (Wildman–Crippen MR) is 150 cm³/mol. The summed E-state index contributed by atoms with van der Waals surface area (Å²) >= 11 is 3.58. The van der Waals surface area contributed by atoms with E-state index >= 15 is 0 Å². The number of aryl methyl sites for hydroxylation is 2. The molecule has 0 aliphatic carbocycles. The van der Waals surface area contributed by atoms with Gasteiger partial charge in [-0.05, 0) is 49.4 Å². The molecule has 2 amide bonds. The lowest BCUT2D eigenvalue weighted by Crippen LogP contribution is -2.59. The molecule has 2 aromatic rings. The predicted octanol–water partition coefficient (Wildman–Crippen LogP) is 3.26. The van der Waals surface area contributed by atoms with Crippen LogP contribution in [0, 0.1) is 25.7 Å². The van der Waals surface area contributed by atoms with Gasteiger partial charge in [-0.15, -0.1) is 6.58 Å². The van der Waals surface area contributed by atoms with Crippen LogP contribution in [0.15, 0.2) is 61.2 Å². The number of carboxylic acids is 1. The number of amides is 2. The normalized spacial score (nSPS) is 29.8. The van der Waals surface area contributed by atoms with Crippen molar-refractivity contribution in [2.75, 3.05) is 18.1 Å². The molecule has 8 nitrogen and oxygen atoms in total. The van der Waals surface area contributed by atoms with Crippen molar-refractivity contribution in [3.8, 4) is 0 Å². The number of fused-ring (bicyclic) bond motifs is 1. The van der Waals surface area contributed by atoms with E-state index in [9.17, 15) is 24.6 Å². The Hall–Kier alpha value is -3.01. The van der Waals surface area contributed by atoms with Gasteiger partial charge in [0.15, 0.2) is 0 Å². The number of aliphatic hydroxyl groups excluding tert-OH is 1. The van der Waals surface area contributed by atoms with Gasteiger partial charge in [0.05, 0.1) is 30.6 Å². The van der Waals surface area contributed by atoms with Gasteiger partial charge < -0.3 is 24.7 Å². The minimum atomic E-state index is -1.34. The monoisotopic (exact) mass is 596 g/mol. The molecule has 1 spiro atoms. The number of aliphatic hydroxyl groups is 1. The first kappa shape index (κ1) is 27.6. The second-order valence-corrected chi connectivity index (χ2v) is 12.0. The molecule has 7 atom stereocenters. The van der Waals surface area contributed by atoms with Crippen molar-refractivity contribution < 1.29 is 29.3 Å². The Bertz CT molecular complexity index is 1300. The van der Waals surface area contributed by atoms with Crippen molar-refractivity contribution in [3.63, 3.8) is 0 Å². The number of nitrogens with zero attached hydrogens (tertiary/aromatic N) is 2. The zero-order chi connectivity index (χ0) is 28.1. The van der Waals surface area contributed by atoms with Crippen LogP contribution < -0.4 is 4.90 Å². The smallest absolute Gasteiger partial charge is 0.310 e. The molecular formula is C30H33BrN2O6. The Morgan fingerprint density at radius 1 is 1.26 bits per heavy atom. The van der Waals surface area contributed by atoms with E-state index in [0.717, 1.165) is 16.7 Å². The molecule has 2 bridgehead atoms. The average molecular weight is 598 g/mol. The maximum Gasteiger partial charge on any atom is 0.310 e. The van der Waals surface area contributed by atoms with Crippen molar-refractivity contribution in [3.05, 3.63) is 77.9 Å². The number of likely N-dealkylation sites (tertiary alicyclic amines) is 1. The molecule has 39 heavy (non-hydrogen) atoms. The van der Waals surface area contributed by atoms with E-state index in [-0.39, 0.29) is 17.3 Å². The van der Waals surface area contributed by atoms with E-state index in [1.807, 2.05) is 62.4 Å². The van der Waals surface area contributed by atoms with Gasteiger partial charge in [0.2, 0.25) is 5.91 Å². The summed E-state index contributed by atoms with van der Waals surface area (Å²) in [4.78, 5) is 44.0. The SMILES string of the molecule is C=CCN(C(=O)[C@H]1N([C@@H](CO)Cc2ccccc2)C(=O)[C@@H]2[C@@H](C(=O)O)[C@@H]3O[C@@]21CC3Br)c1cc(C)ccc1C. The lowest BCUT2D eigenvalue weighted by Gasteiger charge is -2.39. The Labute approximate surface area is 236 Å². The van der Waals surface area contributed by atoms with Gasteiger partial charge in [-0.1, -0.05) is 64.5 Å². The highest BCUT2D eigenvalue weighted by molar-refractivity contribution is 9.09. The molecule has 0 aromatic heterocycles. The lowest BCUT2D eigenvalue weighted by molar-refractivity contribution is -0.150. The second kappa shape index (κ2) is 10.5. The molecule has 2 N–H and O–H groups in total. The molecule has 1 unspecified atom stereocenters. The Morgan fingerprint density at radius 2 is 1.97 bits per heavy atom. The number of carbonyl (C=O) groups excluding carboxylic acids is 2. The fourth-order valence-corrected chi connectivity index (χ4v) is 7.70. The van der Waals surface area contributed by atoms with Crippen molar-refractivity contribution in [2.24, 2.45) is 11.8 Å². The fourth-order valence-electron chi connectivity index (χ4n) is 6.75. The molecule has 206 valence electrons. The minimum Gasteiger partial charge on any atom is -0.481 e. The first-order valence-corrected chi connectivity index (χ1v) is 14.1. The van der Waals surface area contributed by atoms with Gasteiger partial charge in [0, 0.05) is 17.1 Å². The minimum absolute atomic E-state index is 0.189. The topological polar surface area (TPSA) is 107 Å². The molecular weight excluding hydrogens is 564 g/mol. The van der Waals surface area contributed by atoms with Crippen LogP contribution in [0.3, 0.4) is 0 Å². The number of halogens is 1. The van der Waals surface area contributed by atoms with E-state index < -0.39 is 54.1 Å². The third-order valence-electron chi connectivity index (χ3n) is 8.40. The Morgan fingerprint density at radius 3 is 2.62 bits per heavy atom. The third-order valence-corrected chi connectivity index (χ3v) is 9.24. The molecule has 3 fully saturated rings. The van der Waals surface area contributed by atoms with E-state index in [0.29, 0.717) is 18.5 Å². The largest absolute Gasteiger partial charge is 0.481 e. The lowest BCUT2D eigenvalue weighted by atomic mass is 9.70. The number of hydrogen-bond donors (Lipinski definition) is 2. The van der Waals surface area contributed by atoms with Gasteiger partial charge in [-0.2, -0.15) is 0 Å². The summed E-state index contributed by atoms with van der Waals surface area (Å²) < 4.78 is 6.42. The summed E-state index contributed by atoms with van der Waals surface area (Å²) in [6, 6.07) is 13.4. The first-order chi connectivity index (χ1) is 18.6. The van der Waals surface area contributed by atoms with Gasteiger partial charge >= 0.3 is 5.97 Å². The molecule has 0 radical (unpaired) electrons. The molecule has 3 saturated heterocycles. The summed E-state index contributed by atoms with van der Waals surface area (Å²) in [5, 5.41) is 20.7. The molecule has 3 heterocycles. The zero-order valence-corrected chi connectivity index (χ0v) is 23.6. The van der Waals surface area contributed by atoms with E-state index in [2.05, 4.69) is 22.5 Å². The number of hydrogen-bond acceptors (Lipinski definition) is 5. The maximum atomic E-state index is 14.7.